The third-order valence-corrected chi connectivity index (χ3v) is 8.03. The first kappa shape index (κ1) is 31.8. The van der Waals surface area contributed by atoms with Gasteiger partial charge in [0.25, 0.3) is 11.2 Å². The van der Waals surface area contributed by atoms with Gasteiger partial charge in [-0.05, 0) is 63.1 Å². The highest BCUT2D eigenvalue weighted by Crippen LogP contribution is 2.39. The molecule has 2 heterocycles. The number of carbonyl (C=O) groups is 1. The van der Waals surface area contributed by atoms with Gasteiger partial charge in [-0.2, -0.15) is 0 Å². The Bertz CT molecular complexity index is 2080. The molecular weight excluding hydrogens is 616 g/mol. The Morgan fingerprint density at radius 2 is 1.67 bits per heavy atom. The number of non-ortho nitro benzene ring substituents is 1. The Labute approximate surface area is 265 Å². The average molecular weight is 645 g/mol. The van der Waals surface area contributed by atoms with Crippen molar-refractivity contribution in [3.05, 3.63) is 129 Å². The average Bonchev–Trinajstić information content (AvgIpc) is 3.32. The number of rotatable bonds is 10. The molecule has 3 aromatic carbocycles. The summed E-state index contributed by atoms with van der Waals surface area (Å²) in [6.07, 6.45) is 1.65. The highest BCUT2D eigenvalue weighted by molar-refractivity contribution is 7.07. The Kier molecular flexibility index (Phi) is 9.09. The molecule has 5 rings (SSSR count). The van der Waals surface area contributed by atoms with E-state index in [2.05, 4.69) is 4.99 Å². The van der Waals surface area contributed by atoms with Crippen LogP contribution in [0.3, 0.4) is 0 Å². The van der Waals surface area contributed by atoms with Gasteiger partial charge in [-0.25, -0.2) is 9.79 Å². The minimum atomic E-state index is -0.768. The van der Waals surface area contributed by atoms with Gasteiger partial charge >= 0.3 is 11.7 Å². The molecular formula is C32H28N4O9S. The van der Waals surface area contributed by atoms with E-state index >= 15 is 0 Å². The third kappa shape index (κ3) is 6.28. The number of aryl methyl sites for hydroxylation is 1. The lowest BCUT2D eigenvalue weighted by Gasteiger charge is -2.24. The number of nitro groups is 2. The fourth-order valence-electron chi connectivity index (χ4n) is 4.94. The van der Waals surface area contributed by atoms with Crippen molar-refractivity contribution in [3.8, 4) is 17.2 Å². The summed E-state index contributed by atoms with van der Waals surface area (Å²) in [7, 11) is 0. The number of nitro benzene ring substituents is 2. The zero-order valence-corrected chi connectivity index (χ0v) is 26.0. The van der Waals surface area contributed by atoms with Gasteiger partial charge in [0.05, 0.1) is 51.0 Å². The van der Waals surface area contributed by atoms with E-state index < -0.39 is 33.2 Å². The molecule has 13 nitrogen and oxygen atoms in total. The number of fused-ring (bicyclic) bond motifs is 1. The van der Waals surface area contributed by atoms with Crippen LogP contribution in [-0.4, -0.2) is 33.6 Å². The number of esters is 1. The Morgan fingerprint density at radius 3 is 2.33 bits per heavy atom. The van der Waals surface area contributed by atoms with Gasteiger partial charge in [-0.3, -0.25) is 29.6 Å². The number of hydrogen-bond donors (Lipinski definition) is 0. The molecule has 0 unspecified atom stereocenters. The number of benzene rings is 3. The quantitative estimate of drug-likeness (QED) is 0.129. The van der Waals surface area contributed by atoms with Gasteiger partial charge in [-0.1, -0.05) is 47.2 Å². The molecule has 14 heteroatoms. The summed E-state index contributed by atoms with van der Waals surface area (Å²) in [5.74, 6) is -0.392. The second-order valence-corrected chi connectivity index (χ2v) is 11.1. The maximum atomic E-state index is 13.9. The molecule has 0 bridgehead atoms. The molecule has 0 amide bonds. The normalized spacial score (nSPS) is 14.3. The summed E-state index contributed by atoms with van der Waals surface area (Å²) >= 11 is 1.16. The van der Waals surface area contributed by atoms with Crippen molar-refractivity contribution in [2.45, 2.75) is 33.7 Å². The maximum absolute atomic E-state index is 13.9. The number of carbonyl (C=O) groups excluding carboxylic acids is 1. The van der Waals surface area contributed by atoms with E-state index in [0.717, 1.165) is 40.7 Å². The summed E-state index contributed by atoms with van der Waals surface area (Å²) < 4.78 is 18.7. The van der Waals surface area contributed by atoms with E-state index in [4.69, 9.17) is 14.2 Å². The number of aromatic nitrogens is 1. The van der Waals surface area contributed by atoms with Crippen LogP contribution in [0.4, 0.5) is 11.4 Å². The maximum Gasteiger partial charge on any atom is 0.338 e. The molecule has 46 heavy (non-hydrogen) atoms. The molecule has 0 N–H and O–H groups in total. The second-order valence-electron chi connectivity index (χ2n) is 10.1. The van der Waals surface area contributed by atoms with Gasteiger partial charge in [0.2, 0.25) is 5.75 Å². The summed E-state index contributed by atoms with van der Waals surface area (Å²) in [6.45, 7) is 7.52. The van der Waals surface area contributed by atoms with E-state index in [0.29, 0.717) is 20.6 Å². The lowest BCUT2D eigenvalue weighted by atomic mass is 9.95. The summed E-state index contributed by atoms with van der Waals surface area (Å²) in [6, 6.07) is 14.7. The fourth-order valence-corrected chi connectivity index (χ4v) is 5.99. The van der Waals surface area contributed by atoms with E-state index in [-0.39, 0.29) is 41.6 Å². The van der Waals surface area contributed by atoms with Crippen molar-refractivity contribution in [1.82, 2.24) is 4.57 Å². The summed E-state index contributed by atoms with van der Waals surface area (Å²) in [4.78, 5) is 53.3. The number of allylic oxidation sites excluding steroid dienone is 1. The second kappa shape index (κ2) is 13.2. The van der Waals surface area contributed by atoms with Gasteiger partial charge in [0.1, 0.15) is 0 Å². The minimum Gasteiger partial charge on any atom is -0.490 e. The molecule has 1 atom stereocenters. The van der Waals surface area contributed by atoms with Crippen LogP contribution in [0.1, 0.15) is 43.5 Å². The van der Waals surface area contributed by atoms with Crippen LogP contribution in [-0.2, 0) is 9.53 Å². The van der Waals surface area contributed by atoms with Crippen molar-refractivity contribution in [1.29, 1.82) is 0 Å². The predicted octanol–water partition coefficient (Wildman–Crippen LogP) is 5.11. The van der Waals surface area contributed by atoms with Gasteiger partial charge < -0.3 is 14.2 Å². The zero-order chi connectivity index (χ0) is 33.1. The number of ether oxygens (including phenoxy) is 3. The lowest BCUT2D eigenvalue weighted by molar-refractivity contribution is -0.394. The van der Waals surface area contributed by atoms with Crippen LogP contribution in [0.15, 0.2) is 81.7 Å². The molecule has 4 aromatic rings. The molecule has 0 saturated carbocycles. The van der Waals surface area contributed by atoms with Crippen LogP contribution in [0.5, 0.6) is 17.2 Å². The van der Waals surface area contributed by atoms with Crippen LogP contribution in [0.25, 0.3) is 6.08 Å². The van der Waals surface area contributed by atoms with Gasteiger partial charge in [0.15, 0.2) is 16.3 Å². The van der Waals surface area contributed by atoms with Gasteiger partial charge in [0, 0.05) is 6.07 Å². The van der Waals surface area contributed by atoms with E-state index in [1.54, 1.807) is 39.0 Å². The first-order valence-electron chi connectivity index (χ1n) is 14.2. The standard InChI is InChI=1S/C32H28N4O9S/c1-5-43-26-15-20(9-13-25(26)45-24-14-12-22(35(39)40)17-23(24)36(41)42)16-27-30(37)34-29(21-10-7-18(3)8-11-21)28(31(38)44-6-2)19(4)33-32(34)46-27/h7-17,29H,5-6H2,1-4H3/b27-16-/t29-/m0/s1. The van der Waals surface area contributed by atoms with Crippen LogP contribution in [0, 0.1) is 27.2 Å². The smallest absolute Gasteiger partial charge is 0.338 e. The monoisotopic (exact) mass is 644 g/mol. The van der Waals surface area contributed by atoms with Crippen LogP contribution in [0.2, 0.25) is 0 Å². The molecule has 0 saturated heterocycles. The third-order valence-electron chi connectivity index (χ3n) is 7.05. The molecule has 236 valence electrons. The lowest BCUT2D eigenvalue weighted by Crippen LogP contribution is -2.39. The summed E-state index contributed by atoms with van der Waals surface area (Å²) in [5.41, 5.74) is 1.67. The summed E-state index contributed by atoms with van der Waals surface area (Å²) in [5, 5.41) is 22.7. The molecule has 0 fully saturated rings. The van der Waals surface area contributed by atoms with Crippen molar-refractivity contribution >= 4 is 34.8 Å². The first-order chi connectivity index (χ1) is 22.0. The van der Waals surface area contributed by atoms with Crippen LogP contribution >= 0.6 is 11.3 Å². The largest absolute Gasteiger partial charge is 0.490 e. The highest BCUT2D eigenvalue weighted by Gasteiger charge is 2.33. The molecule has 1 aliphatic heterocycles. The fraction of sp³-hybridized carbons (Fsp3) is 0.219. The number of thiazole rings is 1. The van der Waals surface area contributed by atoms with Crippen molar-refractivity contribution in [2.75, 3.05) is 13.2 Å². The van der Waals surface area contributed by atoms with Gasteiger partial charge in [-0.15, -0.1) is 0 Å². The first-order valence-corrected chi connectivity index (χ1v) is 15.0. The molecule has 1 aliphatic rings. The van der Waals surface area contributed by atoms with E-state index in [1.807, 2.05) is 31.2 Å². The molecule has 0 radical (unpaired) electrons. The SMILES string of the molecule is CCOC(=O)C1=C(C)N=c2s/c(=C\c3ccc(Oc4ccc([N+](=O)[O-])cc4[N+](=O)[O-])c(OCC)c3)c(=O)n2[C@H]1c1ccc(C)cc1. The molecule has 0 aliphatic carbocycles. The zero-order valence-electron chi connectivity index (χ0n) is 25.2. The van der Waals surface area contributed by atoms with Crippen LogP contribution < -0.4 is 24.4 Å². The van der Waals surface area contributed by atoms with E-state index in [9.17, 15) is 29.8 Å². The number of nitrogens with zero attached hydrogens (tertiary/aromatic N) is 4. The van der Waals surface area contributed by atoms with E-state index in [1.165, 1.54) is 10.6 Å². The molecule has 1 aromatic heterocycles. The topological polar surface area (TPSA) is 165 Å². The Morgan fingerprint density at radius 1 is 0.957 bits per heavy atom. The predicted molar refractivity (Wildman–Crippen MR) is 169 cm³/mol. The number of hydrogen-bond acceptors (Lipinski definition) is 11. The minimum absolute atomic E-state index is 0.131. The Hall–Kier alpha value is -5.63. The molecule has 0 spiro atoms. The van der Waals surface area contributed by atoms with Crippen molar-refractivity contribution < 1.29 is 28.9 Å². The van der Waals surface area contributed by atoms with Crippen molar-refractivity contribution in [3.63, 3.8) is 0 Å². The van der Waals surface area contributed by atoms with Crippen molar-refractivity contribution in [2.24, 2.45) is 4.99 Å². The highest BCUT2D eigenvalue weighted by atomic mass is 32.1. The Balaban J connectivity index is 1.58.